The molecule has 1 heterocycles. The highest BCUT2D eigenvalue weighted by molar-refractivity contribution is 5.74. The van der Waals surface area contributed by atoms with Crippen molar-refractivity contribution in [1.82, 2.24) is 20.2 Å². The summed E-state index contributed by atoms with van der Waals surface area (Å²) in [6, 6.07) is 6.44. The van der Waals surface area contributed by atoms with Gasteiger partial charge in [0.2, 0.25) is 0 Å². The molecule has 0 spiro atoms. The topological polar surface area (TPSA) is 69.6 Å². The molecule has 1 aliphatic rings. The molecule has 0 saturated heterocycles. The first kappa shape index (κ1) is 12.1. The Morgan fingerprint density at radius 1 is 1.42 bits per heavy atom. The van der Waals surface area contributed by atoms with Gasteiger partial charge >= 0.3 is 0 Å². The van der Waals surface area contributed by atoms with Gasteiger partial charge in [-0.15, -0.1) is 5.10 Å². The van der Waals surface area contributed by atoms with Crippen LogP contribution in [0.2, 0.25) is 0 Å². The van der Waals surface area contributed by atoms with Crippen LogP contribution in [0.5, 0.6) is 0 Å². The van der Waals surface area contributed by atoms with Crippen LogP contribution in [0.3, 0.4) is 0 Å². The van der Waals surface area contributed by atoms with Crippen LogP contribution < -0.4 is 5.73 Å². The maximum Gasteiger partial charge on any atom is 0.184 e. The summed E-state index contributed by atoms with van der Waals surface area (Å²) in [4.78, 5) is 0. The van der Waals surface area contributed by atoms with Gasteiger partial charge in [0.25, 0.3) is 0 Å². The van der Waals surface area contributed by atoms with E-state index in [1.807, 2.05) is 29.8 Å². The van der Waals surface area contributed by atoms with Gasteiger partial charge in [0.1, 0.15) is 0 Å². The Morgan fingerprint density at radius 2 is 2.26 bits per heavy atom. The van der Waals surface area contributed by atoms with Gasteiger partial charge in [0, 0.05) is 11.3 Å². The van der Waals surface area contributed by atoms with Crippen molar-refractivity contribution >= 4 is 5.69 Å². The quantitative estimate of drug-likeness (QED) is 0.855. The molecule has 2 N–H and O–H groups in total. The molecule has 2 unspecified atom stereocenters. The average Bonchev–Trinajstić information content (AvgIpc) is 2.99. The van der Waals surface area contributed by atoms with E-state index in [1.54, 1.807) is 0 Å². The van der Waals surface area contributed by atoms with Gasteiger partial charge in [-0.3, -0.25) is 0 Å². The fourth-order valence-electron chi connectivity index (χ4n) is 2.68. The highest BCUT2D eigenvalue weighted by Gasteiger charge is 2.40. The zero-order chi connectivity index (χ0) is 13.4. The number of nitrogens with two attached hydrogens (primary N) is 1. The Kier molecular flexibility index (Phi) is 2.97. The van der Waals surface area contributed by atoms with Gasteiger partial charge in [0.15, 0.2) is 5.82 Å². The number of rotatable bonds is 4. The average molecular weight is 257 g/mol. The van der Waals surface area contributed by atoms with Crippen LogP contribution in [0.1, 0.15) is 37.8 Å². The second-order valence-corrected chi connectivity index (χ2v) is 5.34. The summed E-state index contributed by atoms with van der Waals surface area (Å²) in [7, 11) is 0. The maximum atomic E-state index is 6.15. The van der Waals surface area contributed by atoms with Crippen LogP contribution in [0, 0.1) is 12.8 Å². The van der Waals surface area contributed by atoms with Crippen LogP contribution in [0.4, 0.5) is 5.69 Å². The number of aryl methyl sites for hydroxylation is 1. The number of tetrazole rings is 1. The zero-order valence-electron chi connectivity index (χ0n) is 11.4. The van der Waals surface area contributed by atoms with Crippen molar-refractivity contribution < 1.29 is 0 Å². The molecule has 2 aromatic rings. The highest BCUT2D eigenvalue weighted by atomic mass is 15.6. The Hall–Kier alpha value is -1.91. The zero-order valence-corrected chi connectivity index (χ0v) is 11.4. The third-order valence-electron chi connectivity index (χ3n) is 3.92. The molecule has 1 saturated carbocycles. The highest BCUT2D eigenvalue weighted by Crippen LogP contribution is 2.47. The molecular formula is C14H19N5. The second-order valence-electron chi connectivity index (χ2n) is 5.34. The normalized spacial score (nSPS) is 21.6. The number of para-hydroxylation sites is 1. The van der Waals surface area contributed by atoms with Gasteiger partial charge < -0.3 is 5.73 Å². The lowest BCUT2D eigenvalue weighted by atomic mass is 10.1. The first-order valence-corrected chi connectivity index (χ1v) is 6.85. The van der Waals surface area contributed by atoms with Crippen LogP contribution in [0.25, 0.3) is 11.4 Å². The number of nitrogen functional groups attached to an aromatic ring is 1. The minimum absolute atomic E-state index is 0.449. The fraction of sp³-hybridized carbons (Fsp3) is 0.500. The lowest BCUT2D eigenvalue weighted by molar-refractivity contribution is 0.548. The number of hydrogen-bond donors (Lipinski definition) is 1. The number of hydrogen-bond acceptors (Lipinski definition) is 4. The van der Waals surface area contributed by atoms with Crippen LogP contribution in [0.15, 0.2) is 18.2 Å². The molecular weight excluding hydrogens is 238 g/mol. The predicted octanol–water partition coefficient (Wildman–Crippen LogP) is 2.59. The van der Waals surface area contributed by atoms with Crippen molar-refractivity contribution in [2.24, 2.45) is 5.92 Å². The first-order valence-electron chi connectivity index (χ1n) is 6.85. The number of anilines is 1. The maximum absolute atomic E-state index is 6.15. The third kappa shape index (κ3) is 2.09. The van der Waals surface area contributed by atoms with Crippen molar-refractivity contribution in [3.05, 3.63) is 23.8 Å². The largest absolute Gasteiger partial charge is 0.398 e. The van der Waals surface area contributed by atoms with Crippen molar-refractivity contribution in [3.63, 3.8) is 0 Å². The summed E-state index contributed by atoms with van der Waals surface area (Å²) < 4.78 is 1.95. The van der Waals surface area contributed by atoms with Crippen LogP contribution >= 0.6 is 0 Å². The molecule has 2 atom stereocenters. The summed E-state index contributed by atoms with van der Waals surface area (Å²) in [5.41, 5.74) is 8.92. The summed E-state index contributed by atoms with van der Waals surface area (Å²) in [6.45, 7) is 4.22. The molecule has 5 heteroatoms. The summed E-state index contributed by atoms with van der Waals surface area (Å²) in [6.07, 6.45) is 3.63. The minimum Gasteiger partial charge on any atom is -0.398 e. The van der Waals surface area contributed by atoms with E-state index in [0.29, 0.717) is 6.04 Å². The summed E-state index contributed by atoms with van der Waals surface area (Å²) in [5.74, 6) is 1.52. The van der Waals surface area contributed by atoms with Crippen molar-refractivity contribution in [2.75, 3.05) is 5.73 Å². The monoisotopic (exact) mass is 257 g/mol. The smallest absolute Gasteiger partial charge is 0.184 e. The molecule has 1 aliphatic carbocycles. The standard InChI is InChI=1S/C14H19N5/c1-3-5-10-8-12(10)19-14(16-17-18-19)11-7-4-6-9(2)13(11)15/h4,6-7,10,12H,3,5,8,15H2,1-2H3. The van der Waals surface area contributed by atoms with E-state index in [4.69, 9.17) is 5.73 Å². The lowest BCUT2D eigenvalue weighted by Crippen LogP contribution is -2.04. The molecule has 1 aromatic carbocycles. The number of nitrogens with zero attached hydrogens (tertiary/aromatic N) is 4. The van der Waals surface area contributed by atoms with E-state index >= 15 is 0 Å². The molecule has 1 aromatic heterocycles. The van der Waals surface area contributed by atoms with Gasteiger partial charge in [-0.2, -0.15) is 0 Å². The van der Waals surface area contributed by atoms with Crippen LogP contribution in [-0.4, -0.2) is 20.2 Å². The van der Waals surface area contributed by atoms with Crippen molar-refractivity contribution in [2.45, 2.75) is 39.2 Å². The van der Waals surface area contributed by atoms with Crippen molar-refractivity contribution in [3.8, 4) is 11.4 Å². The fourth-order valence-corrected chi connectivity index (χ4v) is 2.68. The molecule has 0 bridgehead atoms. The van der Waals surface area contributed by atoms with E-state index in [-0.39, 0.29) is 0 Å². The summed E-state index contributed by atoms with van der Waals surface area (Å²) in [5, 5.41) is 12.2. The van der Waals surface area contributed by atoms with E-state index in [9.17, 15) is 0 Å². The molecule has 100 valence electrons. The van der Waals surface area contributed by atoms with Gasteiger partial charge in [-0.05, 0) is 47.7 Å². The number of benzene rings is 1. The van der Waals surface area contributed by atoms with E-state index < -0.39 is 0 Å². The molecule has 1 fully saturated rings. The van der Waals surface area contributed by atoms with Crippen LogP contribution in [-0.2, 0) is 0 Å². The number of aromatic nitrogens is 4. The molecule has 0 amide bonds. The van der Waals surface area contributed by atoms with E-state index in [1.165, 1.54) is 19.3 Å². The molecule has 0 radical (unpaired) electrons. The Labute approximate surface area is 112 Å². The molecule has 0 aliphatic heterocycles. The van der Waals surface area contributed by atoms with E-state index in [0.717, 1.165) is 28.6 Å². The molecule has 5 nitrogen and oxygen atoms in total. The SMILES string of the molecule is CCCC1CC1n1nnnc1-c1cccc(C)c1N. The molecule has 19 heavy (non-hydrogen) atoms. The van der Waals surface area contributed by atoms with Crippen molar-refractivity contribution in [1.29, 1.82) is 0 Å². The Morgan fingerprint density at radius 3 is 3.05 bits per heavy atom. The van der Waals surface area contributed by atoms with E-state index in [2.05, 4.69) is 22.4 Å². The summed E-state index contributed by atoms with van der Waals surface area (Å²) >= 11 is 0. The predicted molar refractivity (Wildman–Crippen MR) is 74.5 cm³/mol. The lowest BCUT2D eigenvalue weighted by Gasteiger charge is -2.08. The minimum atomic E-state index is 0.449. The third-order valence-corrected chi connectivity index (χ3v) is 3.92. The second kappa shape index (κ2) is 4.64. The van der Waals surface area contributed by atoms with Gasteiger partial charge in [-0.25, -0.2) is 4.68 Å². The van der Waals surface area contributed by atoms with Gasteiger partial charge in [0.05, 0.1) is 6.04 Å². The first-order chi connectivity index (χ1) is 9.22. The molecule has 3 rings (SSSR count). The Balaban J connectivity index is 1.95. The van der Waals surface area contributed by atoms with Gasteiger partial charge in [-0.1, -0.05) is 25.5 Å². The Bertz CT molecular complexity index is 589.